The summed E-state index contributed by atoms with van der Waals surface area (Å²) in [6, 6.07) is 5.84. The zero-order chi connectivity index (χ0) is 15.7. The first kappa shape index (κ1) is 17.3. The van der Waals surface area contributed by atoms with Gasteiger partial charge >= 0.3 is 6.03 Å². The molecule has 0 bridgehead atoms. The molecule has 5 nitrogen and oxygen atoms in total. The third kappa shape index (κ3) is 6.99. The highest BCUT2D eigenvalue weighted by atomic mass is 16.5. The summed E-state index contributed by atoms with van der Waals surface area (Å²) in [7, 11) is 4.04. The highest BCUT2D eigenvalue weighted by molar-refractivity contribution is 5.73. The first-order valence-electron chi connectivity index (χ1n) is 7.36. The summed E-state index contributed by atoms with van der Waals surface area (Å²) in [4.78, 5) is 13.6. The van der Waals surface area contributed by atoms with Crippen molar-refractivity contribution < 1.29 is 9.53 Å². The van der Waals surface area contributed by atoms with Gasteiger partial charge in [0.1, 0.15) is 12.4 Å². The molecule has 0 saturated carbocycles. The average molecular weight is 293 g/mol. The van der Waals surface area contributed by atoms with Crippen molar-refractivity contribution in [2.24, 2.45) is 0 Å². The molecule has 21 heavy (non-hydrogen) atoms. The fourth-order valence-corrected chi connectivity index (χ4v) is 1.87. The van der Waals surface area contributed by atoms with E-state index in [0.29, 0.717) is 19.7 Å². The molecule has 0 aliphatic rings. The number of amides is 2. The maximum atomic E-state index is 11.5. The molecule has 0 spiro atoms. The first-order valence-corrected chi connectivity index (χ1v) is 7.36. The van der Waals surface area contributed by atoms with Gasteiger partial charge in [0.15, 0.2) is 0 Å². The van der Waals surface area contributed by atoms with Crippen LogP contribution in [0.4, 0.5) is 4.79 Å². The number of benzene rings is 1. The lowest BCUT2D eigenvalue weighted by Crippen LogP contribution is -2.38. The van der Waals surface area contributed by atoms with E-state index < -0.39 is 0 Å². The van der Waals surface area contributed by atoms with Gasteiger partial charge in [-0.05, 0) is 58.1 Å². The van der Waals surface area contributed by atoms with Crippen molar-refractivity contribution in [2.45, 2.75) is 20.3 Å². The molecule has 0 aliphatic heterocycles. The predicted molar refractivity (Wildman–Crippen MR) is 86.0 cm³/mol. The van der Waals surface area contributed by atoms with Crippen LogP contribution in [0.5, 0.6) is 5.75 Å². The van der Waals surface area contributed by atoms with Crippen molar-refractivity contribution in [3.05, 3.63) is 29.3 Å². The summed E-state index contributed by atoms with van der Waals surface area (Å²) in [6.07, 6.45) is 0.944. The number of urea groups is 1. The maximum absolute atomic E-state index is 11.5. The van der Waals surface area contributed by atoms with Crippen molar-refractivity contribution in [3.63, 3.8) is 0 Å². The van der Waals surface area contributed by atoms with Crippen LogP contribution in [-0.4, -0.2) is 51.3 Å². The van der Waals surface area contributed by atoms with Crippen LogP contribution in [0.15, 0.2) is 18.2 Å². The quantitative estimate of drug-likeness (QED) is 0.720. The van der Waals surface area contributed by atoms with Crippen molar-refractivity contribution in [2.75, 3.05) is 40.3 Å². The number of rotatable bonds is 8. The molecule has 0 aliphatic carbocycles. The molecular weight excluding hydrogens is 266 g/mol. The normalized spacial score (nSPS) is 10.5. The van der Waals surface area contributed by atoms with E-state index in [4.69, 9.17) is 4.74 Å². The minimum atomic E-state index is -0.140. The molecule has 0 radical (unpaired) electrons. The fraction of sp³-hybridized carbons (Fsp3) is 0.562. The van der Waals surface area contributed by atoms with E-state index in [9.17, 15) is 4.79 Å². The molecule has 118 valence electrons. The smallest absolute Gasteiger partial charge is 0.314 e. The summed E-state index contributed by atoms with van der Waals surface area (Å²) in [6.45, 7) is 6.71. The molecule has 2 amide bonds. The Labute approximate surface area is 127 Å². The SMILES string of the molecule is Cc1cccc(OCCNC(=O)NCCCN(C)C)c1C. The largest absolute Gasteiger partial charge is 0.491 e. The number of nitrogens with one attached hydrogen (secondary N) is 2. The standard InChI is InChI=1S/C16H27N3O2/c1-13-7-5-8-15(14(13)2)21-12-10-18-16(20)17-9-6-11-19(3)4/h5,7-8H,6,9-12H2,1-4H3,(H2,17,18,20). The average Bonchev–Trinajstić information content (AvgIpc) is 2.44. The predicted octanol–water partition coefficient (Wildman–Crippen LogP) is 1.93. The number of hydrogen-bond acceptors (Lipinski definition) is 3. The zero-order valence-electron chi connectivity index (χ0n) is 13.5. The minimum Gasteiger partial charge on any atom is -0.491 e. The molecule has 0 saturated heterocycles. The van der Waals surface area contributed by atoms with Crippen LogP contribution in [0.1, 0.15) is 17.5 Å². The topological polar surface area (TPSA) is 53.6 Å². The molecule has 0 fully saturated rings. The van der Waals surface area contributed by atoms with E-state index in [2.05, 4.69) is 28.5 Å². The molecule has 1 rings (SSSR count). The molecule has 1 aromatic rings. The number of ether oxygens (including phenoxy) is 1. The Hall–Kier alpha value is -1.75. The lowest BCUT2D eigenvalue weighted by atomic mass is 10.1. The van der Waals surface area contributed by atoms with Crippen LogP contribution in [0.25, 0.3) is 0 Å². The van der Waals surface area contributed by atoms with Crippen LogP contribution in [0.3, 0.4) is 0 Å². The van der Waals surface area contributed by atoms with Gasteiger partial charge in [-0.15, -0.1) is 0 Å². The van der Waals surface area contributed by atoms with Gasteiger partial charge in [-0.2, -0.15) is 0 Å². The summed E-state index contributed by atoms with van der Waals surface area (Å²) < 4.78 is 5.68. The second-order valence-corrected chi connectivity index (χ2v) is 5.39. The second-order valence-electron chi connectivity index (χ2n) is 5.39. The lowest BCUT2D eigenvalue weighted by Gasteiger charge is -2.12. The number of hydrogen-bond donors (Lipinski definition) is 2. The molecule has 0 aromatic heterocycles. The van der Waals surface area contributed by atoms with Crippen molar-refractivity contribution in [1.82, 2.24) is 15.5 Å². The molecule has 1 aromatic carbocycles. The van der Waals surface area contributed by atoms with Gasteiger partial charge < -0.3 is 20.3 Å². The Balaban J connectivity index is 2.13. The third-order valence-corrected chi connectivity index (χ3v) is 3.27. The summed E-state index contributed by atoms with van der Waals surface area (Å²) in [5.74, 6) is 0.878. The van der Waals surface area contributed by atoms with Crippen molar-refractivity contribution in [1.29, 1.82) is 0 Å². The Morgan fingerprint density at radius 2 is 1.90 bits per heavy atom. The van der Waals surface area contributed by atoms with Gasteiger partial charge in [0.25, 0.3) is 0 Å². The van der Waals surface area contributed by atoms with E-state index in [1.165, 1.54) is 5.56 Å². The summed E-state index contributed by atoms with van der Waals surface area (Å²) in [5, 5.41) is 5.61. The fourth-order valence-electron chi connectivity index (χ4n) is 1.87. The molecule has 5 heteroatoms. The van der Waals surface area contributed by atoms with E-state index in [0.717, 1.165) is 24.3 Å². The molecule has 0 atom stereocenters. The van der Waals surface area contributed by atoms with Crippen LogP contribution in [0, 0.1) is 13.8 Å². The maximum Gasteiger partial charge on any atom is 0.314 e. The Kier molecular flexibility index (Phi) is 7.61. The lowest BCUT2D eigenvalue weighted by molar-refractivity contribution is 0.235. The zero-order valence-corrected chi connectivity index (χ0v) is 13.5. The summed E-state index contributed by atoms with van der Waals surface area (Å²) in [5.41, 5.74) is 2.35. The number of carbonyl (C=O) groups is 1. The molecular formula is C16H27N3O2. The first-order chi connectivity index (χ1) is 10.0. The van der Waals surface area contributed by atoms with Gasteiger partial charge in [0.05, 0.1) is 6.54 Å². The number of aryl methyl sites for hydroxylation is 1. The van der Waals surface area contributed by atoms with E-state index >= 15 is 0 Å². The van der Waals surface area contributed by atoms with Crippen LogP contribution in [-0.2, 0) is 0 Å². The number of carbonyl (C=O) groups excluding carboxylic acids is 1. The monoisotopic (exact) mass is 293 g/mol. The second kappa shape index (κ2) is 9.23. The van der Waals surface area contributed by atoms with Crippen LogP contribution < -0.4 is 15.4 Å². The summed E-state index contributed by atoms with van der Waals surface area (Å²) >= 11 is 0. The Morgan fingerprint density at radius 1 is 1.19 bits per heavy atom. The van der Waals surface area contributed by atoms with Gasteiger partial charge in [-0.25, -0.2) is 4.79 Å². The van der Waals surface area contributed by atoms with Gasteiger partial charge in [0, 0.05) is 6.54 Å². The van der Waals surface area contributed by atoms with Crippen LogP contribution >= 0.6 is 0 Å². The highest BCUT2D eigenvalue weighted by Gasteiger charge is 2.02. The minimum absolute atomic E-state index is 0.140. The molecule has 2 N–H and O–H groups in total. The number of nitrogens with zero attached hydrogens (tertiary/aromatic N) is 1. The van der Waals surface area contributed by atoms with E-state index in [-0.39, 0.29) is 6.03 Å². The van der Waals surface area contributed by atoms with Crippen LogP contribution in [0.2, 0.25) is 0 Å². The van der Waals surface area contributed by atoms with Crippen molar-refractivity contribution >= 4 is 6.03 Å². The molecule has 0 heterocycles. The molecule has 0 unspecified atom stereocenters. The van der Waals surface area contributed by atoms with Gasteiger partial charge in [-0.1, -0.05) is 12.1 Å². The van der Waals surface area contributed by atoms with Gasteiger partial charge in [-0.3, -0.25) is 0 Å². The van der Waals surface area contributed by atoms with E-state index in [1.807, 2.05) is 33.2 Å². The Bertz CT molecular complexity index is 447. The highest BCUT2D eigenvalue weighted by Crippen LogP contribution is 2.20. The van der Waals surface area contributed by atoms with Crippen molar-refractivity contribution in [3.8, 4) is 5.75 Å². The van der Waals surface area contributed by atoms with Gasteiger partial charge in [0.2, 0.25) is 0 Å². The Morgan fingerprint density at radius 3 is 2.62 bits per heavy atom. The third-order valence-electron chi connectivity index (χ3n) is 3.27. The van der Waals surface area contributed by atoms with E-state index in [1.54, 1.807) is 0 Å².